The molecule has 0 aliphatic carbocycles. The van der Waals surface area contributed by atoms with E-state index in [1.807, 2.05) is 4.90 Å². The molecule has 0 radical (unpaired) electrons. The number of hydrogen-bond donors (Lipinski definition) is 0. The van der Waals surface area contributed by atoms with Crippen molar-refractivity contribution in [1.82, 2.24) is 9.80 Å². The third-order valence-corrected chi connectivity index (χ3v) is 4.04. The molecule has 0 bridgehead atoms. The van der Waals surface area contributed by atoms with Gasteiger partial charge in [0.25, 0.3) is 5.91 Å². The van der Waals surface area contributed by atoms with Gasteiger partial charge < -0.3 is 14.2 Å². The maximum atomic E-state index is 12.1. The van der Waals surface area contributed by atoms with E-state index in [1.54, 1.807) is 34.9 Å². The molecule has 20 heavy (non-hydrogen) atoms. The van der Waals surface area contributed by atoms with E-state index in [-0.39, 0.29) is 11.8 Å². The zero-order valence-electron chi connectivity index (χ0n) is 11.3. The van der Waals surface area contributed by atoms with Crippen molar-refractivity contribution in [1.29, 1.82) is 0 Å². The van der Waals surface area contributed by atoms with E-state index >= 15 is 0 Å². The number of carbonyl (C=O) groups excluding carboxylic acids is 2. The second-order valence-corrected chi connectivity index (χ2v) is 5.48. The predicted octanol–water partition coefficient (Wildman–Crippen LogP) is 1.48. The number of hydrogen-bond acceptors (Lipinski definition) is 4. The molecule has 0 unspecified atom stereocenters. The van der Waals surface area contributed by atoms with Crippen LogP contribution in [0.1, 0.15) is 10.6 Å². The molecule has 108 valence electrons. The van der Waals surface area contributed by atoms with Gasteiger partial charge >= 0.3 is 0 Å². The fourth-order valence-electron chi connectivity index (χ4n) is 2.04. The molecule has 0 spiro atoms. The van der Waals surface area contributed by atoms with Gasteiger partial charge in [-0.3, -0.25) is 9.59 Å². The smallest absolute Gasteiger partial charge is 0.289 e. The first-order valence-corrected chi connectivity index (χ1v) is 7.67. The number of thioether (sulfide) groups is 1. The second kappa shape index (κ2) is 7.19. The van der Waals surface area contributed by atoms with Crippen molar-refractivity contribution < 1.29 is 14.0 Å². The van der Waals surface area contributed by atoms with Crippen LogP contribution in [0.15, 0.2) is 35.5 Å². The van der Waals surface area contributed by atoms with Gasteiger partial charge in [0.1, 0.15) is 0 Å². The van der Waals surface area contributed by atoms with Gasteiger partial charge in [0.05, 0.1) is 12.0 Å². The Bertz CT molecular complexity index is 465. The van der Waals surface area contributed by atoms with Gasteiger partial charge in [0, 0.05) is 31.9 Å². The minimum atomic E-state index is -0.108. The lowest BCUT2D eigenvalue weighted by atomic mass is 10.3. The predicted molar refractivity (Wildman–Crippen MR) is 78.7 cm³/mol. The van der Waals surface area contributed by atoms with Crippen LogP contribution in [0.3, 0.4) is 0 Å². The van der Waals surface area contributed by atoms with Crippen LogP contribution in [0.4, 0.5) is 0 Å². The molecule has 2 rings (SSSR count). The average Bonchev–Trinajstić information content (AvgIpc) is 3.01. The molecule has 2 heterocycles. The van der Waals surface area contributed by atoms with Crippen molar-refractivity contribution in [3.05, 3.63) is 36.8 Å². The fraction of sp³-hybridized carbons (Fsp3) is 0.429. The lowest BCUT2D eigenvalue weighted by Gasteiger charge is -2.34. The Kier molecular flexibility index (Phi) is 5.29. The van der Waals surface area contributed by atoms with Crippen LogP contribution in [-0.2, 0) is 4.79 Å². The highest BCUT2D eigenvalue weighted by molar-refractivity contribution is 8.00. The maximum absolute atomic E-state index is 12.1. The van der Waals surface area contributed by atoms with E-state index in [1.165, 1.54) is 6.26 Å². The third-order valence-electron chi connectivity index (χ3n) is 3.11. The first kappa shape index (κ1) is 14.7. The monoisotopic (exact) mass is 294 g/mol. The molecule has 1 fully saturated rings. The van der Waals surface area contributed by atoms with Crippen molar-refractivity contribution >= 4 is 23.6 Å². The fourth-order valence-corrected chi connectivity index (χ4v) is 2.68. The number of amides is 2. The number of nitrogens with zero attached hydrogens (tertiary/aromatic N) is 2. The lowest BCUT2D eigenvalue weighted by Crippen LogP contribution is -2.51. The third kappa shape index (κ3) is 3.66. The molecule has 2 amide bonds. The highest BCUT2D eigenvalue weighted by Gasteiger charge is 2.25. The van der Waals surface area contributed by atoms with Crippen molar-refractivity contribution in [3.63, 3.8) is 0 Å². The first-order valence-electron chi connectivity index (χ1n) is 6.51. The topological polar surface area (TPSA) is 53.8 Å². The Hall–Kier alpha value is -1.69. The summed E-state index contributed by atoms with van der Waals surface area (Å²) < 4.78 is 5.10. The van der Waals surface area contributed by atoms with Crippen LogP contribution < -0.4 is 0 Å². The molecule has 0 N–H and O–H groups in total. The van der Waals surface area contributed by atoms with Crippen LogP contribution in [0.5, 0.6) is 0 Å². The van der Waals surface area contributed by atoms with E-state index in [4.69, 9.17) is 4.42 Å². The average molecular weight is 294 g/mol. The summed E-state index contributed by atoms with van der Waals surface area (Å²) in [7, 11) is 0. The summed E-state index contributed by atoms with van der Waals surface area (Å²) >= 11 is 1.56. The summed E-state index contributed by atoms with van der Waals surface area (Å²) in [6.45, 7) is 5.90. The van der Waals surface area contributed by atoms with Crippen molar-refractivity contribution in [2.75, 3.05) is 37.7 Å². The molecule has 1 aliphatic rings. The van der Waals surface area contributed by atoms with Crippen molar-refractivity contribution in [3.8, 4) is 0 Å². The summed E-state index contributed by atoms with van der Waals surface area (Å²) in [5.41, 5.74) is 0. The van der Waals surface area contributed by atoms with Gasteiger partial charge in [-0.15, -0.1) is 18.3 Å². The number of furan rings is 1. The van der Waals surface area contributed by atoms with Gasteiger partial charge in [0.2, 0.25) is 5.91 Å². The Morgan fingerprint density at radius 2 is 2.00 bits per heavy atom. The highest BCUT2D eigenvalue weighted by Crippen LogP contribution is 2.11. The highest BCUT2D eigenvalue weighted by atomic mass is 32.2. The molecular formula is C14H18N2O3S. The largest absolute Gasteiger partial charge is 0.459 e. The maximum Gasteiger partial charge on any atom is 0.289 e. The zero-order chi connectivity index (χ0) is 14.4. The zero-order valence-corrected chi connectivity index (χ0v) is 12.1. The van der Waals surface area contributed by atoms with Gasteiger partial charge in [0.15, 0.2) is 5.76 Å². The molecule has 0 saturated carbocycles. The van der Waals surface area contributed by atoms with E-state index in [9.17, 15) is 9.59 Å². The minimum absolute atomic E-state index is 0.108. The SMILES string of the molecule is C=CCSCC(=O)N1CCN(C(=O)c2ccco2)CC1. The summed E-state index contributed by atoms with van der Waals surface area (Å²) in [5, 5.41) is 0. The van der Waals surface area contributed by atoms with Crippen LogP contribution in [0, 0.1) is 0 Å². The minimum Gasteiger partial charge on any atom is -0.459 e. The van der Waals surface area contributed by atoms with Gasteiger partial charge in [-0.05, 0) is 12.1 Å². The summed E-state index contributed by atoms with van der Waals surface area (Å²) in [5.74, 6) is 1.62. The van der Waals surface area contributed by atoms with E-state index in [2.05, 4.69) is 6.58 Å². The molecule has 1 saturated heterocycles. The first-order chi connectivity index (χ1) is 9.72. The summed E-state index contributed by atoms with van der Waals surface area (Å²) in [6.07, 6.45) is 3.28. The Morgan fingerprint density at radius 3 is 2.60 bits per heavy atom. The summed E-state index contributed by atoms with van der Waals surface area (Å²) in [6, 6.07) is 3.36. The quantitative estimate of drug-likeness (QED) is 0.610. The molecule has 5 nitrogen and oxygen atoms in total. The van der Waals surface area contributed by atoms with Gasteiger partial charge in [-0.2, -0.15) is 0 Å². The Balaban J connectivity index is 1.79. The van der Waals surface area contributed by atoms with Crippen LogP contribution in [0.25, 0.3) is 0 Å². The molecular weight excluding hydrogens is 276 g/mol. The van der Waals surface area contributed by atoms with Crippen molar-refractivity contribution in [2.24, 2.45) is 0 Å². The van der Waals surface area contributed by atoms with Crippen LogP contribution in [-0.4, -0.2) is 59.3 Å². The van der Waals surface area contributed by atoms with Gasteiger partial charge in [-0.1, -0.05) is 6.08 Å². The van der Waals surface area contributed by atoms with E-state index < -0.39 is 0 Å². The number of carbonyl (C=O) groups is 2. The van der Waals surface area contributed by atoms with Crippen molar-refractivity contribution in [2.45, 2.75) is 0 Å². The molecule has 1 aromatic heterocycles. The molecule has 0 atom stereocenters. The number of rotatable bonds is 5. The molecule has 1 aliphatic heterocycles. The van der Waals surface area contributed by atoms with Crippen LogP contribution in [0.2, 0.25) is 0 Å². The lowest BCUT2D eigenvalue weighted by molar-refractivity contribution is -0.129. The van der Waals surface area contributed by atoms with Crippen LogP contribution >= 0.6 is 11.8 Å². The van der Waals surface area contributed by atoms with Gasteiger partial charge in [-0.25, -0.2) is 0 Å². The number of piperazine rings is 1. The Morgan fingerprint density at radius 1 is 1.30 bits per heavy atom. The Labute approximate surface area is 122 Å². The normalized spacial score (nSPS) is 15.2. The van der Waals surface area contributed by atoms with E-state index in [0.717, 1.165) is 5.75 Å². The summed E-state index contributed by atoms with van der Waals surface area (Å²) in [4.78, 5) is 27.5. The standard InChI is InChI=1S/C14H18N2O3S/c1-2-10-20-11-13(17)15-5-7-16(8-6-15)14(18)12-4-3-9-19-12/h2-4,9H,1,5-8,10-11H2. The molecule has 6 heteroatoms. The second-order valence-electron chi connectivity index (χ2n) is 4.45. The molecule has 0 aromatic carbocycles. The van der Waals surface area contributed by atoms with E-state index in [0.29, 0.717) is 37.7 Å². The molecule has 1 aromatic rings.